The molecular formula is C9H18N4. The standard InChI is InChI=1S/C7H12N4.C2H6/c1-5(8)3-4-7(10)11-6(2)9;1-2/h3-4,8H,1-2H3,(H3,9,10,11);1-2H3/b4-3-,8-5?;. The number of allylic oxidation sites excluding steroid dienone is 1. The molecule has 13 heavy (non-hydrogen) atoms. The van der Waals surface area contributed by atoms with Crippen molar-refractivity contribution in [3.63, 3.8) is 0 Å². The van der Waals surface area contributed by atoms with Crippen LogP contribution in [0.15, 0.2) is 17.1 Å². The maximum Gasteiger partial charge on any atom is 0.146 e. The zero-order chi connectivity index (χ0) is 10.9. The van der Waals surface area contributed by atoms with E-state index in [1.165, 1.54) is 12.2 Å². The smallest absolute Gasteiger partial charge is 0.146 e. The van der Waals surface area contributed by atoms with Gasteiger partial charge < -0.3 is 11.1 Å². The molecule has 0 aromatic heterocycles. The fourth-order valence-corrected chi connectivity index (χ4v) is 0.431. The van der Waals surface area contributed by atoms with Crippen LogP contribution in [0.2, 0.25) is 0 Å². The first-order chi connectivity index (χ1) is 6.02. The van der Waals surface area contributed by atoms with Crippen LogP contribution in [-0.4, -0.2) is 17.4 Å². The first-order valence-corrected chi connectivity index (χ1v) is 4.15. The third kappa shape index (κ3) is 13.5. The molecule has 0 bridgehead atoms. The molecule has 0 aromatic rings. The van der Waals surface area contributed by atoms with Crippen molar-refractivity contribution in [3.05, 3.63) is 12.2 Å². The van der Waals surface area contributed by atoms with Crippen LogP contribution in [0.5, 0.6) is 0 Å². The highest BCUT2D eigenvalue weighted by Gasteiger charge is 1.85. The summed E-state index contributed by atoms with van der Waals surface area (Å²) in [5.74, 6) is 0.416. The van der Waals surface area contributed by atoms with Gasteiger partial charge in [0.15, 0.2) is 0 Å². The highest BCUT2D eigenvalue weighted by Crippen LogP contribution is 1.82. The van der Waals surface area contributed by atoms with Gasteiger partial charge in [0.2, 0.25) is 0 Å². The van der Waals surface area contributed by atoms with Crippen molar-refractivity contribution in [1.82, 2.24) is 0 Å². The molecule has 0 heterocycles. The molecule has 74 valence electrons. The van der Waals surface area contributed by atoms with Crippen LogP contribution in [0.4, 0.5) is 0 Å². The summed E-state index contributed by atoms with van der Waals surface area (Å²) in [6.45, 7) is 7.24. The molecule has 0 saturated carbocycles. The third-order valence-corrected chi connectivity index (χ3v) is 0.788. The Labute approximate surface area is 79.6 Å². The molecular weight excluding hydrogens is 164 g/mol. The molecule has 0 saturated heterocycles. The van der Waals surface area contributed by atoms with Crippen LogP contribution in [0, 0.1) is 10.8 Å². The monoisotopic (exact) mass is 182 g/mol. The zero-order valence-electron chi connectivity index (χ0n) is 8.68. The van der Waals surface area contributed by atoms with Gasteiger partial charge in [-0.2, -0.15) is 0 Å². The fraction of sp³-hybridized carbons (Fsp3) is 0.444. The molecule has 0 unspecified atom stereocenters. The molecule has 0 spiro atoms. The summed E-state index contributed by atoms with van der Waals surface area (Å²) >= 11 is 0. The van der Waals surface area contributed by atoms with Crippen LogP contribution in [0.25, 0.3) is 0 Å². The van der Waals surface area contributed by atoms with Gasteiger partial charge in [-0.25, -0.2) is 4.99 Å². The summed E-state index contributed by atoms with van der Waals surface area (Å²) in [5.41, 5.74) is 5.61. The second-order valence-corrected chi connectivity index (χ2v) is 2.15. The fourth-order valence-electron chi connectivity index (χ4n) is 0.431. The molecule has 0 fully saturated rings. The summed E-state index contributed by atoms with van der Waals surface area (Å²) in [7, 11) is 0. The van der Waals surface area contributed by atoms with E-state index in [1.54, 1.807) is 13.8 Å². The minimum Gasteiger partial charge on any atom is -0.387 e. The van der Waals surface area contributed by atoms with E-state index in [0.29, 0.717) is 11.5 Å². The molecule has 4 nitrogen and oxygen atoms in total. The predicted molar refractivity (Wildman–Crippen MR) is 58.9 cm³/mol. The van der Waals surface area contributed by atoms with Crippen LogP contribution >= 0.6 is 0 Å². The molecule has 0 aromatic carbocycles. The van der Waals surface area contributed by atoms with Gasteiger partial charge in [0, 0.05) is 5.71 Å². The summed E-state index contributed by atoms with van der Waals surface area (Å²) in [6.07, 6.45) is 2.92. The Bertz CT molecular complexity index is 222. The van der Waals surface area contributed by atoms with Crippen molar-refractivity contribution in [2.24, 2.45) is 10.7 Å². The summed E-state index contributed by atoms with van der Waals surface area (Å²) in [5, 5.41) is 14.2. The first-order valence-electron chi connectivity index (χ1n) is 4.15. The quantitative estimate of drug-likeness (QED) is 0.442. The number of aliphatic imine (C=N–C) groups is 1. The summed E-state index contributed by atoms with van der Waals surface area (Å²) < 4.78 is 0. The number of nitrogens with one attached hydrogen (secondary N) is 2. The molecule has 0 aliphatic carbocycles. The lowest BCUT2D eigenvalue weighted by Gasteiger charge is -1.89. The highest BCUT2D eigenvalue weighted by molar-refractivity contribution is 6.03. The Kier molecular flexibility index (Phi) is 9.37. The Balaban J connectivity index is 0. The number of nitrogens with zero attached hydrogens (tertiary/aromatic N) is 1. The first kappa shape index (κ1) is 14.1. The van der Waals surface area contributed by atoms with Crippen molar-refractivity contribution in [1.29, 1.82) is 10.8 Å². The lowest BCUT2D eigenvalue weighted by atomic mass is 10.3. The number of hydrogen-bond acceptors (Lipinski definition) is 2. The van der Waals surface area contributed by atoms with Crippen LogP contribution in [-0.2, 0) is 0 Å². The van der Waals surface area contributed by atoms with E-state index in [-0.39, 0.29) is 5.84 Å². The maximum atomic E-state index is 7.16. The van der Waals surface area contributed by atoms with E-state index in [4.69, 9.17) is 16.6 Å². The minimum absolute atomic E-state index is 0.0663. The van der Waals surface area contributed by atoms with Gasteiger partial charge in [-0.3, -0.25) is 5.41 Å². The van der Waals surface area contributed by atoms with E-state index in [2.05, 4.69) is 4.99 Å². The number of nitrogens with two attached hydrogens (primary N) is 1. The minimum atomic E-state index is 0.0663. The maximum absolute atomic E-state index is 7.16. The van der Waals surface area contributed by atoms with Crippen molar-refractivity contribution in [3.8, 4) is 0 Å². The van der Waals surface area contributed by atoms with Crippen LogP contribution in [0.1, 0.15) is 27.7 Å². The average molecular weight is 182 g/mol. The predicted octanol–water partition coefficient (Wildman–Crippen LogP) is 1.96. The molecule has 0 rings (SSSR count). The third-order valence-electron chi connectivity index (χ3n) is 0.788. The highest BCUT2D eigenvalue weighted by atomic mass is 14.9. The second kappa shape index (κ2) is 8.64. The van der Waals surface area contributed by atoms with Gasteiger partial charge in [-0.05, 0) is 26.0 Å². The van der Waals surface area contributed by atoms with E-state index in [1.807, 2.05) is 13.8 Å². The Morgan fingerprint density at radius 3 is 1.92 bits per heavy atom. The molecule has 0 atom stereocenters. The lowest BCUT2D eigenvalue weighted by Crippen LogP contribution is -2.07. The van der Waals surface area contributed by atoms with Gasteiger partial charge in [0.25, 0.3) is 0 Å². The topological polar surface area (TPSA) is 86.1 Å². The normalized spacial score (nSPS) is 10.6. The lowest BCUT2D eigenvalue weighted by molar-refractivity contribution is 1.42. The molecule has 0 amide bonds. The average Bonchev–Trinajstić information content (AvgIpc) is 2.03. The van der Waals surface area contributed by atoms with Crippen molar-refractivity contribution >= 4 is 17.4 Å². The molecule has 0 aliphatic heterocycles. The van der Waals surface area contributed by atoms with Gasteiger partial charge in [0.1, 0.15) is 5.84 Å². The largest absolute Gasteiger partial charge is 0.387 e. The summed E-state index contributed by atoms with van der Waals surface area (Å²) in [6, 6.07) is 0. The van der Waals surface area contributed by atoms with Crippen LogP contribution < -0.4 is 5.73 Å². The van der Waals surface area contributed by atoms with Gasteiger partial charge in [-0.1, -0.05) is 13.8 Å². The van der Waals surface area contributed by atoms with Crippen molar-refractivity contribution in [2.75, 3.05) is 0 Å². The Hall–Kier alpha value is -1.45. The van der Waals surface area contributed by atoms with Gasteiger partial charge >= 0.3 is 0 Å². The Morgan fingerprint density at radius 2 is 1.62 bits per heavy atom. The Morgan fingerprint density at radius 1 is 1.15 bits per heavy atom. The van der Waals surface area contributed by atoms with E-state index in [0.717, 1.165) is 0 Å². The van der Waals surface area contributed by atoms with E-state index >= 15 is 0 Å². The van der Waals surface area contributed by atoms with Crippen molar-refractivity contribution in [2.45, 2.75) is 27.7 Å². The SMILES string of the molecule is CC.CC(=N)/C=C\C(=N)N=C(C)N. The molecule has 0 aliphatic rings. The van der Waals surface area contributed by atoms with Gasteiger partial charge in [0.05, 0.1) is 5.84 Å². The van der Waals surface area contributed by atoms with E-state index < -0.39 is 0 Å². The second-order valence-electron chi connectivity index (χ2n) is 2.15. The van der Waals surface area contributed by atoms with Crippen molar-refractivity contribution < 1.29 is 0 Å². The summed E-state index contributed by atoms with van der Waals surface area (Å²) in [4.78, 5) is 3.64. The zero-order valence-corrected chi connectivity index (χ0v) is 8.68. The molecule has 4 heteroatoms. The number of amidine groups is 2. The van der Waals surface area contributed by atoms with Crippen LogP contribution in [0.3, 0.4) is 0 Å². The number of rotatable bonds is 2. The molecule has 4 N–H and O–H groups in total. The molecule has 0 radical (unpaired) electrons. The number of hydrogen-bond donors (Lipinski definition) is 3. The van der Waals surface area contributed by atoms with E-state index in [9.17, 15) is 0 Å². The van der Waals surface area contributed by atoms with Gasteiger partial charge in [-0.15, -0.1) is 0 Å².